The van der Waals surface area contributed by atoms with Gasteiger partial charge in [0.05, 0.1) is 5.69 Å². The summed E-state index contributed by atoms with van der Waals surface area (Å²) in [7, 11) is 2.15. The van der Waals surface area contributed by atoms with Crippen molar-refractivity contribution in [1.29, 1.82) is 0 Å². The zero-order chi connectivity index (χ0) is 32.1. The van der Waals surface area contributed by atoms with E-state index in [0.29, 0.717) is 36.4 Å². The fourth-order valence-corrected chi connectivity index (χ4v) is 5.93. The van der Waals surface area contributed by atoms with Crippen LogP contribution < -0.4 is 15.2 Å². The van der Waals surface area contributed by atoms with Crippen LogP contribution in [-0.4, -0.2) is 89.9 Å². The summed E-state index contributed by atoms with van der Waals surface area (Å²) in [6, 6.07) is 18.5. The van der Waals surface area contributed by atoms with Crippen LogP contribution >= 0.6 is 0 Å². The largest absolute Gasteiger partial charge is 0.460 e. The van der Waals surface area contributed by atoms with Crippen LogP contribution in [0.25, 0.3) is 0 Å². The Morgan fingerprint density at radius 1 is 0.935 bits per heavy atom. The number of esters is 1. The molecule has 3 aromatic rings. The molecule has 2 saturated heterocycles. The van der Waals surface area contributed by atoms with E-state index in [-0.39, 0.29) is 36.3 Å². The monoisotopic (exact) mass is 630 g/mol. The summed E-state index contributed by atoms with van der Waals surface area (Å²) in [5.74, 6) is -0.493. The number of amides is 3. The number of hydrogen-bond acceptors (Lipinski definition) is 8. The summed E-state index contributed by atoms with van der Waals surface area (Å²) in [5.41, 5.74) is -0.747. The van der Waals surface area contributed by atoms with Crippen molar-refractivity contribution in [2.24, 2.45) is 5.41 Å². The van der Waals surface area contributed by atoms with Gasteiger partial charge in [-0.05, 0) is 68.6 Å². The number of urea groups is 1. The molecule has 12 heteroatoms. The average molecular weight is 631 g/mol. The van der Waals surface area contributed by atoms with Gasteiger partial charge in [0.1, 0.15) is 29.3 Å². The topological polar surface area (TPSA) is 108 Å². The van der Waals surface area contributed by atoms with Crippen molar-refractivity contribution in [3.8, 4) is 11.5 Å². The average Bonchev–Trinajstić information content (AvgIpc) is 3.90. The molecule has 3 aliphatic rings. The number of rotatable bonds is 9. The van der Waals surface area contributed by atoms with Gasteiger partial charge in [-0.1, -0.05) is 34.8 Å². The van der Waals surface area contributed by atoms with E-state index in [4.69, 9.17) is 9.47 Å². The molecular formula is C34H39FN6O5. The Morgan fingerprint density at radius 3 is 2.30 bits per heavy atom. The molecule has 3 amide bonds. The van der Waals surface area contributed by atoms with Crippen LogP contribution in [0.5, 0.6) is 11.5 Å². The normalized spacial score (nSPS) is 18.4. The molecule has 242 valence electrons. The number of piperidine rings is 1. The van der Waals surface area contributed by atoms with Crippen molar-refractivity contribution in [2.45, 2.75) is 38.3 Å². The predicted octanol–water partition coefficient (Wildman–Crippen LogP) is 4.86. The number of nitrogens with zero attached hydrogens (tertiary/aromatic N) is 5. The molecule has 0 atom stereocenters. The SMILES string of the molecule is CN1CCN(C2CCN(C(=O)Nc3cc(Oc4ccc(N(F)C(=O)C5(C(=O)OCc6ccccc6)CC5)cc4)ccn3)CC2)CC1. The molecule has 1 saturated carbocycles. The van der Waals surface area contributed by atoms with Gasteiger partial charge in [-0.2, -0.15) is 0 Å². The lowest BCUT2D eigenvalue weighted by atomic mass is 10.0. The number of carbonyl (C=O) groups is 3. The van der Waals surface area contributed by atoms with Crippen molar-refractivity contribution in [3.63, 3.8) is 0 Å². The molecule has 11 nitrogen and oxygen atoms in total. The molecule has 3 heterocycles. The number of carbonyl (C=O) groups excluding carboxylic acids is 3. The number of pyridine rings is 1. The third-order valence-corrected chi connectivity index (χ3v) is 9.01. The second-order valence-electron chi connectivity index (χ2n) is 12.2. The smallest absolute Gasteiger partial charge is 0.323 e. The number of anilines is 2. The maximum atomic E-state index is 15.2. The molecule has 0 radical (unpaired) electrons. The lowest BCUT2D eigenvalue weighted by molar-refractivity contribution is -0.155. The summed E-state index contributed by atoms with van der Waals surface area (Å²) in [6.45, 7) is 5.70. The third-order valence-electron chi connectivity index (χ3n) is 9.01. The minimum Gasteiger partial charge on any atom is -0.460 e. The number of benzene rings is 2. The summed E-state index contributed by atoms with van der Waals surface area (Å²) < 4.78 is 26.4. The number of hydrogen-bond donors (Lipinski definition) is 1. The Balaban J connectivity index is 0.990. The lowest BCUT2D eigenvalue weighted by Gasteiger charge is -2.42. The van der Waals surface area contributed by atoms with E-state index in [1.807, 2.05) is 35.2 Å². The number of piperazine rings is 1. The van der Waals surface area contributed by atoms with E-state index in [2.05, 4.69) is 27.1 Å². The number of nitrogens with one attached hydrogen (secondary N) is 1. The van der Waals surface area contributed by atoms with Crippen molar-refractivity contribution < 1.29 is 28.3 Å². The summed E-state index contributed by atoms with van der Waals surface area (Å²) in [6.07, 6.45) is 3.90. The van der Waals surface area contributed by atoms with Gasteiger partial charge in [0.2, 0.25) is 0 Å². The van der Waals surface area contributed by atoms with Gasteiger partial charge in [0.25, 0.3) is 5.91 Å². The number of likely N-dealkylation sites (N-methyl/N-ethyl adjacent to an activating group) is 1. The lowest BCUT2D eigenvalue weighted by Crippen LogP contribution is -2.53. The maximum absolute atomic E-state index is 15.2. The van der Waals surface area contributed by atoms with E-state index in [9.17, 15) is 14.4 Å². The summed E-state index contributed by atoms with van der Waals surface area (Å²) in [5, 5.41) is 2.86. The van der Waals surface area contributed by atoms with Crippen molar-refractivity contribution in [1.82, 2.24) is 19.7 Å². The molecule has 6 rings (SSSR count). The van der Waals surface area contributed by atoms with Crippen molar-refractivity contribution in [2.75, 3.05) is 56.8 Å². The third kappa shape index (κ3) is 7.29. The first-order valence-corrected chi connectivity index (χ1v) is 15.7. The Bertz CT molecular complexity index is 1520. The van der Waals surface area contributed by atoms with E-state index in [0.717, 1.165) is 44.6 Å². The van der Waals surface area contributed by atoms with Gasteiger partial charge in [0.15, 0.2) is 0 Å². The number of aromatic nitrogens is 1. The van der Waals surface area contributed by atoms with Gasteiger partial charge in [0, 0.05) is 57.6 Å². The second kappa shape index (κ2) is 13.8. The molecule has 2 aromatic carbocycles. The number of likely N-dealkylation sites (tertiary alicyclic amines) is 1. The van der Waals surface area contributed by atoms with Gasteiger partial charge in [-0.25, -0.2) is 9.78 Å². The highest BCUT2D eigenvalue weighted by Crippen LogP contribution is 2.49. The Kier molecular flexibility index (Phi) is 9.46. The van der Waals surface area contributed by atoms with Gasteiger partial charge in [-0.15, -0.1) is 5.12 Å². The molecule has 1 N–H and O–H groups in total. The molecule has 0 unspecified atom stereocenters. The summed E-state index contributed by atoms with van der Waals surface area (Å²) >= 11 is 0. The van der Waals surface area contributed by atoms with Crippen LogP contribution in [-0.2, 0) is 20.9 Å². The highest BCUT2D eigenvalue weighted by Gasteiger charge is 2.60. The Hall–Kier alpha value is -4.55. The van der Waals surface area contributed by atoms with Crippen molar-refractivity contribution >= 4 is 29.4 Å². The molecule has 0 bridgehead atoms. The van der Waals surface area contributed by atoms with E-state index in [1.54, 1.807) is 12.1 Å². The van der Waals surface area contributed by atoms with Crippen LogP contribution in [0, 0.1) is 5.41 Å². The molecule has 1 aliphatic carbocycles. The highest BCUT2D eigenvalue weighted by atomic mass is 19.2. The molecular weight excluding hydrogens is 591 g/mol. The Morgan fingerprint density at radius 2 is 1.63 bits per heavy atom. The number of ether oxygens (including phenoxy) is 2. The zero-order valence-electron chi connectivity index (χ0n) is 25.9. The van der Waals surface area contributed by atoms with Crippen LogP contribution in [0.3, 0.4) is 0 Å². The van der Waals surface area contributed by atoms with E-state index in [1.165, 1.54) is 30.5 Å². The zero-order valence-corrected chi connectivity index (χ0v) is 25.9. The van der Waals surface area contributed by atoms with Gasteiger partial charge in [-0.3, -0.25) is 19.8 Å². The predicted molar refractivity (Wildman–Crippen MR) is 170 cm³/mol. The Labute approximate surface area is 267 Å². The molecule has 2 aliphatic heterocycles. The minimum absolute atomic E-state index is 0.00538. The van der Waals surface area contributed by atoms with Crippen molar-refractivity contribution in [3.05, 3.63) is 78.5 Å². The molecule has 3 fully saturated rings. The number of halogens is 1. The first-order valence-electron chi connectivity index (χ1n) is 15.7. The first-order chi connectivity index (χ1) is 22.3. The van der Waals surface area contributed by atoms with E-state index >= 15 is 4.48 Å². The van der Waals surface area contributed by atoms with Crippen LogP contribution in [0.4, 0.5) is 20.8 Å². The standard InChI is InChI=1S/C34H39FN6O5/c1-38-19-21-39(22-20-38)26-12-17-40(18-13-26)33(44)37-30-23-29(11-16-36-30)46-28-9-7-27(8-10-28)41(35)31(42)34(14-15-34)32(43)45-24-25-5-3-2-4-6-25/h2-11,16,23,26H,12-15,17-22,24H2,1H3,(H,36,37,44). The highest BCUT2D eigenvalue weighted by molar-refractivity contribution is 6.11. The summed E-state index contributed by atoms with van der Waals surface area (Å²) in [4.78, 5) is 49.6. The second-order valence-corrected chi connectivity index (χ2v) is 12.2. The van der Waals surface area contributed by atoms with Gasteiger partial charge >= 0.3 is 12.0 Å². The van der Waals surface area contributed by atoms with E-state index < -0.39 is 17.3 Å². The maximum Gasteiger partial charge on any atom is 0.323 e. The fourth-order valence-electron chi connectivity index (χ4n) is 5.93. The fraction of sp³-hybridized carbons (Fsp3) is 0.412. The van der Waals surface area contributed by atoms with Crippen LogP contribution in [0.2, 0.25) is 0 Å². The molecule has 0 spiro atoms. The molecule has 46 heavy (non-hydrogen) atoms. The quantitative estimate of drug-likeness (QED) is 0.203. The van der Waals surface area contributed by atoms with Crippen LogP contribution in [0.15, 0.2) is 72.9 Å². The minimum atomic E-state index is -1.50. The molecule has 1 aromatic heterocycles. The van der Waals surface area contributed by atoms with Crippen LogP contribution in [0.1, 0.15) is 31.2 Å². The van der Waals surface area contributed by atoms with Gasteiger partial charge < -0.3 is 19.3 Å². The first kappa shape index (κ1) is 31.4.